The van der Waals surface area contributed by atoms with E-state index in [0.29, 0.717) is 0 Å². The number of carboxylic acid groups (broad SMARTS) is 1. The van der Waals surface area contributed by atoms with E-state index in [-0.39, 0.29) is 29.6 Å². The van der Waals surface area contributed by atoms with Crippen LogP contribution < -0.4 is 5.90 Å². The fourth-order valence-corrected chi connectivity index (χ4v) is 0.0481. The Labute approximate surface area is 86.5 Å². The average Bonchev–Trinajstić information content (AvgIpc) is 1.85. The molecule has 0 aliphatic heterocycles. The molecule has 0 aromatic heterocycles. The Kier molecular flexibility index (Phi) is 19.0. The number of carbonyl (C=O) groups excluding carboxylic acids is 1. The van der Waals surface area contributed by atoms with E-state index in [1.54, 1.807) is 0 Å². The van der Waals surface area contributed by atoms with Gasteiger partial charge >= 0.3 is 35.5 Å². The van der Waals surface area contributed by atoms with E-state index in [4.69, 9.17) is 9.90 Å². The first-order chi connectivity index (χ1) is 4.54. The SMILES string of the molecule is C=CC(=O)ON.CC(=O)O.[NaH]. The number of hydrogen-bond acceptors (Lipinski definition) is 4. The Morgan fingerprint density at radius 1 is 1.64 bits per heavy atom. The van der Waals surface area contributed by atoms with Gasteiger partial charge in [-0.1, -0.05) is 6.58 Å². The summed E-state index contributed by atoms with van der Waals surface area (Å²) >= 11 is 0. The molecule has 0 radical (unpaired) electrons. The summed E-state index contributed by atoms with van der Waals surface area (Å²) in [5, 5.41) is 7.42. The van der Waals surface area contributed by atoms with Crippen LogP contribution in [-0.2, 0) is 14.4 Å². The topological polar surface area (TPSA) is 89.6 Å². The molecule has 0 spiro atoms. The first-order valence-corrected chi connectivity index (χ1v) is 2.27. The van der Waals surface area contributed by atoms with Gasteiger partial charge in [-0.05, 0) is 0 Å². The summed E-state index contributed by atoms with van der Waals surface area (Å²) in [7, 11) is 0. The summed E-state index contributed by atoms with van der Waals surface area (Å²) in [5.74, 6) is 2.91. The van der Waals surface area contributed by atoms with Crippen molar-refractivity contribution < 1.29 is 19.5 Å². The van der Waals surface area contributed by atoms with Gasteiger partial charge in [0.05, 0.1) is 0 Å². The van der Waals surface area contributed by atoms with Gasteiger partial charge in [-0.2, -0.15) is 5.90 Å². The van der Waals surface area contributed by atoms with Gasteiger partial charge in [0.15, 0.2) is 0 Å². The predicted octanol–water partition coefficient (Wildman–Crippen LogP) is -0.968. The van der Waals surface area contributed by atoms with Crippen molar-refractivity contribution in [1.29, 1.82) is 0 Å². The average molecular weight is 171 g/mol. The molecule has 0 amide bonds. The summed E-state index contributed by atoms with van der Waals surface area (Å²) in [6.07, 6.45) is 0.986. The predicted molar refractivity (Wildman–Crippen MR) is 40.9 cm³/mol. The fourth-order valence-electron chi connectivity index (χ4n) is 0.0481. The van der Waals surface area contributed by atoms with Crippen molar-refractivity contribution >= 4 is 41.5 Å². The van der Waals surface area contributed by atoms with Crippen LogP contribution in [0.15, 0.2) is 12.7 Å². The van der Waals surface area contributed by atoms with Crippen LogP contribution >= 0.6 is 0 Å². The number of rotatable bonds is 1. The minimum absolute atomic E-state index is 0. The van der Waals surface area contributed by atoms with Gasteiger partial charge in [0.1, 0.15) is 0 Å². The monoisotopic (exact) mass is 171 g/mol. The molecule has 0 fully saturated rings. The normalized spacial score (nSPS) is 6.00. The van der Waals surface area contributed by atoms with E-state index in [9.17, 15) is 4.79 Å². The van der Waals surface area contributed by atoms with Crippen molar-refractivity contribution in [3.8, 4) is 0 Å². The summed E-state index contributed by atoms with van der Waals surface area (Å²) in [6.45, 7) is 4.16. The Hall–Kier alpha value is -0.360. The van der Waals surface area contributed by atoms with Gasteiger partial charge in [-0.15, -0.1) is 0 Å². The summed E-state index contributed by atoms with van der Waals surface area (Å²) in [4.78, 5) is 22.4. The molecule has 0 aromatic rings. The van der Waals surface area contributed by atoms with Crippen molar-refractivity contribution in [3.63, 3.8) is 0 Å². The van der Waals surface area contributed by atoms with Crippen LogP contribution in [-0.4, -0.2) is 46.6 Å². The molecule has 6 heteroatoms. The number of carboxylic acids is 1. The number of nitrogens with two attached hydrogens (primary N) is 1. The van der Waals surface area contributed by atoms with Gasteiger partial charge in [-0.3, -0.25) is 4.79 Å². The standard InChI is InChI=1S/C3H5NO2.C2H4O2.Na.H/c1-2-3(5)6-4;1-2(3)4;;/h2H,1,4H2;1H3,(H,3,4);;. The van der Waals surface area contributed by atoms with Crippen molar-refractivity contribution in [2.45, 2.75) is 6.92 Å². The van der Waals surface area contributed by atoms with E-state index in [1.807, 2.05) is 0 Å². The molecular formula is C5H10NNaO4. The first kappa shape index (κ1) is 16.9. The summed E-state index contributed by atoms with van der Waals surface area (Å²) in [5.41, 5.74) is 0. The van der Waals surface area contributed by atoms with Gasteiger partial charge in [0, 0.05) is 13.0 Å². The van der Waals surface area contributed by atoms with E-state index >= 15 is 0 Å². The Morgan fingerprint density at radius 3 is 1.91 bits per heavy atom. The molecule has 5 nitrogen and oxygen atoms in total. The van der Waals surface area contributed by atoms with Crippen LogP contribution in [0.3, 0.4) is 0 Å². The molecule has 11 heavy (non-hydrogen) atoms. The molecule has 0 heterocycles. The Balaban J connectivity index is -0.000000114. The third-order valence-corrected chi connectivity index (χ3v) is 0.283. The molecule has 0 atom stereocenters. The molecule has 0 aliphatic rings. The number of aliphatic carboxylic acids is 1. The van der Waals surface area contributed by atoms with Crippen LogP contribution in [0.2, 0.25) is 0 Å². The number of carbonyl (C=O) groups is 2. The van der Waals surface area contributed by atoms with Gasteiger partial charge in [0.2, 0.25) is 0 Å². The van der Waals surface area contributed by atoms with E-state index in [2.05, 4.69) is 17.3 Å². The summed E-state index contributed by atoms with van der Waals surface area (Å²) in [6, 6.07) is 0. The van der Waals surface area contributed by atoms with Crippen molar-refractivity contribution in [2.75, 3.05) is 0 Å². The maximum absolute atomic E-state index is 9.72. The van der Waals surface area contributed by atoms with E-state index in [1.165, 1.54) is 0 Å². The van der Waals surface area contributed by atoms with Gasteiger partial charge in [-0.25, -0.2) is 4.79 Å². The molecule has 0 aromatic carbocycles. The number of hydrogen-bond donors (Lipinski definition) is 2. The molecule has 60 valence electrons. The van der Waals surface area contributed by atoms with Crippen molar-refractivity contribution in [1.82, 2.24) is 0 Å². The Morgan fingerprint density at radius 2 is 1.91 bits per heavy atom. The fraction of sp³-hybridized carbons (Fsp3) is 0.200. The van der Waals surface area contributed by atoms with Crippen LogP contribution in [0.5, 0.6) is 0 Å². The molecule has 0 bridgehead atoms. The first-order valence-electron chi connectivity index (χ1n) is 2.27. The van der Waals surface area contributed by atoms with Crippen molar-refractivity contribution in [3.05, 3.63) is 12.7 Å². The minimum atomic E-state index is -0.833. The third kappa shape index (κ3) is 42.5. The quantitative estimate of drug-likeness (QED) is 0.301. The zero-order valence-electron chi connectivity index (χ0n) is 5.53. The molecule has 0 saturated carbocycles. The second-order valence-electron chi connectivity index (χ2n) is 1.16. The molecule has 0 aliphatic carbocycles. The van der Waals surface area contributed by atoms with Gasteiger partial charge < -0.3 is 9.94 Å². The second-order valence-corrected chi connectivity index (χ2v) is 1.16. The molecular weight excluding hydrogens is 161 g/mol. The van der Waals surface area contributed by atoms with E-state index in [0.717, 1.165) is 13.0 Å². The zero-order valence-corrected chi connectivity index (χ0v) is 5.53. The van der Waals surface area contributed by atoms with Crippen molar-refractivity contribution in [2.24, 2.45) is 5.90 Å². The van der Waals surface area contributed by atoms with Crippen LogP contribution in [0.25, 0.3) is 0 Å². The van der Waals surface area contributed by atoms with Crippen LogP contribution in [0.4, 0.5) is 0 Å². The molecule has 0 unspecified atom stereocenters. The summed E-state index contributed by atoms with van der Waals surface area (Å²) < 4.78 is 0. The second kappa shape index (κ2) is 12.3. The molecule has 0 saturated heterocycles. The van der Waals surface area contributed by atoms with Gasteiger partial charge in [0.25, 0.3) is 5.97 Å². The van der Waals surface area contributed by atoms with E-state index < -0.39 is 11.9 Å². The molecule has 3 N–H and O–H groups in total. The third-order valence-electron chi connectivity index (χ3n) is 0.283. The zero-order chi connectivity index (χ0) is 8.57. The molecule has 0 rings (SSSR count). The Bertz CT molecular complexity index is 132. The van der Waals surface area contributed by atoms with Crippen LogP contribution in [0.1, 0.15) is 6.92 Å². The van der Waals surface area contributed by atoms with Crippen LogP contribution in [0, 0.1) is 0 Å². The maximum atomic E-state index is 9.72.